The second-order valence-electron chi connectivity index (χ2n) is 12.4. The minimum Gasteiger partial charge on any atom is -0.455 e. The smallest absolute Gasteiger partial charge is 0.313 e. The van der Waals surface area contributed by atoms with Gasteiger partial charge >= 0.3 is 5.97 Å². The van der Waals surface area contributed by atoms with Crippen molar-refractivity contribution in [3.8, 4) is 0 Å². The zero-order valence-corrected chi connectivity index (χ0v) is 29.4. The highest BCUT2D eigenvalue weighted by Gasteiger charge is 2.77. The summed E-state index contributed by atoms with van der Waals surface area (Å²) < 4.78 is 12.9. The molecule has 5 rings (SSSR count). The Labute approximate surface area is 294 Å². The Morgan fingerprint density at radius 2 is 1.85 bits per heavy atom. The summed E-state index contributed by atoms with van der Waals surface area (Å²) in [6, 6.07) is 14.3. The fourth-order valence-corrected chi connectivity index (χ4v) is 8.58. The van der Waals surface area contributed by atoms with Crippen molar-refractivity contribution in [1.82, 2.24) is 9.80 Å². The van der Waals surface area contributed by atoms with Gasteiger partial charge in [0, 0.05) is 31.4 Å². The zero-order chi connectivity index (χ0) is 34.7. The van der Waals surface area contributed by atoms with Gasteiger partial charge in [0.2, 0.25) is 11.8 Å². The molecule has 3 aliphatic rings. The molecule has 10 nitrogen and oxygen atoms in total. The highest BCUT2D eigenvalue weighted by Crippen LogP contribution is 2.60. The molecule has 256 valence electrons. The van der Waals surface area contributed by atoms with Gasteiger partial charge in [0.25, 0.3) is 5.91 Å². The molecule has 2 aromatic carbocycles. The van der Waals surface area contributed by atoms with Crippen molar-refractivity contribution in [2.45, 2.75) is 60.9 Å². The Morgan fingerprint density at radius 1 is 1.17 bits per heavy atom. The summed E-state index contributed by atoms with van der Waals surface area (Å²) in [7, 11) is 1.67. The number of benzene rings is 2. The second kappa shape index (κ2) is 14.9. The molecule has 48 heavy (non-hydrogen) atoms. The van der Waals surface area contributed by atoms with Crippen LogP contribution in [0.15, 0.2) is 79.9 Å². The summed E-state index contributed by atoms with van der Waals surface area (Å²) in [4.78, 5) is 60.2. The lowest BCUT2D eigenvalue weighted by Crippen LogP contribution is -2.57. The first-order valence-electron chi connectivity index (χ1n) is 16.0. The summed E-state index contributed by atoms with van der Waals surface area (Å²) in [5.41, 5.74) is -0.258. The average Bonchev–Trinajstić information content (AvgIpc) is 3.68. The maximum atomic E-state index is 14.6. The van der Waals surface area contributed by atoms with Gasteiger partial charge in [-0.15, -0.1) is 13.2 Å². The van der Waals surface area contributed by atoms with Crippen LogP contribution in [-0.2, 0) is 28.7 Å². The van der Waals surface area contributed by atoms with Crippen LogP contribution in [0.2, 0.25) is 5.02 Å². The molecule has 2 aromatic rings. The monoisotopic (exact) mass is 741 g/mol. The normalized spacial score (nSPS) is 26.8. The number of amides is 3. The van der Waals surface area contributed by atoms with E-state index in [2.05, 4.69) is 29.1 Å². The molecule has 3 amide bonds. The molecule has 0 aromatic heterocycles. The number of aliphatic hydroxyl groups is 1. The van der Waals surface area contributed by atoms with Crippen LogP contribution in [0.5, 0.6) is 0 Å². The molecule has 1 spiro atoms. The molecule has 0 radical (unpaired) electrons. The van der Waals surface area contributed by atoms with Crippen molar-refractivity contribution >= 4 is 56.9 Å². The van der Waals surface area contributed by atoms with E-state index in [9.17, 15) is 24.3 Å². The highest BCUT2D eigenvalue weighted by molar-refractivity contribution is 9.09. The van der Waals surface area contributed by atoms with Gasteiger partial charge in [-0.05, 0) is 37.5 Å². The molecule has 0 aliphatic carbocycles. The summed E-state index contributed by atoms with van der Waals surface area (Å²) >= 11 is 10.2. The number of anilines is 1. The predicted molar refractivity (Wildman–Crippen MR) is 185 cm³/mol. The van der Waals surface area contributed by atoms with E-state index in [4.69, 9.17) is 21.1 Å². The number of β-amino-alcohol motifs (C(OH)–C–C–N with tert-alkyl or cyclic N) is 1. The van der Waals surface area contributed by atoms with Crippen LogP contribution in [0, 0.1) is 11.8 Å². The van der Waals surface area contributed by atoms with E-state index in [0.29, 0.717) is 22.7 Å². The SMILES string of the molecule is C=CCCC(=O)N(C)[C@@H](C)[C@@H](OC(=O)[C@H]1[C@@H]2O[C@@]3(CC2Br)[C@@H]1C(=O)N(CCO)[C@@H]3C(=O)N(CC=C)c1ccccc1Cl)c1ccccc1. The van der Waals surface area contributed by atoms with Crippen LogP contribution in [0.1, 0.15) is 37.9 Å². The third kappa shape index (κ3) is 6.33. The predicted octanol–water partition coefficient (Wildman–Crippen LogP) is 4.70. The molecule has 0 saturated carbocycles. The van der Waals surface area contributed by atoms with Gasteiger partial charge in [0.15, 0.2) is 0 Å². The number of rotatable bonds is 14. The van der Waals surface area contributed by atoms with Gasteiger partial charge in [0.05, 0.1) is 41.3 Å². The number of carbonyl (C=O) groups excluding carboxylic acids is 4. The Balaban J connectivity index is 1.51. The van der Waals surface area contributed by atoms with Crippen molar-refractivity contribution in [2.75, 3.05) is 31.6 Å². The minimum absolute atomic E-state index is 0.100. The zero-order valence-electron chi connectivity index (χ0n) is 27.0. The van der Waals surface area contributed by atoms with E-state index in [1.807, 2.05) is 37.3 Å². The van der Waals surface area contributed by atoms with E-state index >= 15 is 0 Å². The van der Waals surface area contributed by atoms with Crippen molar-refractivity contribution in [1.29, 1.82) is 0 Å². The summed E-state index contributed by atoms with van der Waals surface area (Å²) in [6.07, 6.45) is 2.67. The first-order valence-corrected chi connectivity index (χ1v) is 17.3. The fourth-order valence-electron chi connectivity index (χ4n) is 7.40. The molecule has 8 atom stereocenters. The molecular weight excluding hydrogens is 702 g/mol. The van der Waals surface area contributed by atoms with Crippen LogP contribution in [0.4, 0.5) is 5.69 Å². The van der Waals surface area contributed by atoms with Crippen molar-refractivity contribution in [2.24, 2.45) is 11.8 Å². The maximum absolute atomic E-state index is 14.6. The third-order valence-corrected chi connectivity index (χ3v) is 10.9. The molecule has 3 heterocycles. The summed E-state index contributed by atoms with van der Waals surface area (Å²) in [5, 5.41) is 10.4. The molecule has 1 unspecified atom stereocenters. The van der Waals surface area contributed by atoms with E-state index in [1.165, 1.54) is 9.80 Å². The van der Waals surface area contributed by atoms with E-state index in [0.717, 1.165) is 0 Å². The van der Waals surface area contributed by atoms with Crippen LogP contribution >= 0.6 is 27.5 Å². The van der Waals surface area contributed by atoms with E-state index < -0.39 is 66.1 Å². The first kappa shape index (κ1) is 35.8. The topological polar surface area (TPSA) is 117 Å². The van der Waals surface area contributed by atoms with Crippen LogP contribution in [0.25, 0.3) is 0 Å². The number of alkyl halides is 1. The summed E-state index contributed by atoms with van der Waals surface area (Å²) in [6.45, 7) is 8.88. The Kier molecular flexibility index (Phi) is 11.1. The quantitative estimate of drug-likeness (QED) is 0.170. The fraction of sp³-hybridized carbons (Fsp3) is 0.444. The third-order valence-electron chi connectivity index (χ3n) is 9.73. The van der Waals surface area contributed by atoms with Crippen molar-refractivity contribution in [3.63, 3.8) is 0 Å². The second-order valence-corrected chi connectivity index (χ2v) is 14.0. The van der Waals surface area contributed by atoms with Gasteiger partial charge in [-0.3, -0.25) is 19.2 Å². The molecule has 2 bridgehead atoms. The number of fused-ring (bicyclic) bond motifs is 1. The average molecular weight is 743 g/mol. The Bertz CT molecular complexity index is 1560. The Hall–Kier alpha value is -3.51. The van der Waals surface area contributed by atoms with Gasteiger partial charge in [0.1, 0.15) is 17.7 Å². The number of likely N-dealkylation sites (tertiary alicyclic amines) is 1. The van der Waals surface area contributed by atoms with Crippen molar-refractivity contribution < 1.29 is 33.8 Å². The molecule has 1 N–H and O–H groups in total. The van der Waals surface area contributed by atoms with E-state index in [1.54, 1.807) is 48.4 Å². The first-order chi connectivity index (χ1) is 23.0. The lowest BCUT2D eigenvalue weighted by atomic mass is 9.70. The van der Waals surface area contributed by atoms with E-state index in [-0.39, 0.29) is 36.7 Å². The molecule has 3 saturated heterocycles. The van der Waals surface area contributed by atoms with Crippen LogP contribution in [-0.4, -0.2) is 94.0 Å². The number of hydrogen-bond acceptors (Lipinski definition) is 7. The number of likely N-dealkylation sites (N-methyl/N-ethyl adjacent to an activating group) is 1. The number of para-hydroxylation sites is 1. The van der Waals surface area contributed by atoms with Gasteiger partial charge < -0.3 is 29.3 Å². The number of halogens is 2. The summed E-state index contributed by atoms with van der Waals surface area (Å²) in [5.74, 6) is -3.82. The van der Waals surface area contributed by atoms with Gasteiger partial charge in [-0.25, -0.2) is 0 Å². The Morgan fingerprint density at radius 3 is 2.50 bits per heavy atom. The molecule has 12 heteroatoms. The van der Waals surface area contributed by atoms with Crippen LogP contribution < -0.4 is 4.90 Å². The highest BCUT2D eigenvalue weighted by atomic mass is 79.9. The lowest BCUT2D eigenvalue weighted by Gasteiger charge is -2.37. The lowest BCUT2D eigenvalue weighted by molar-refractivity contribution is -0.164. The number of nitrogens with zero attached hydrogens (tertiary/aromatic N) is 3. The number of aliphatic hydroxyl groups excluding tert-OH is 1. The molecular formula is C36H41BrClN3O7. The molecule has 3 fully saturated rings. The number of hydrogen-bond donors (Lipinski definition) is 1. The maximum Gasteiger partial charge on any atom is 0.313 e. The van der Waals surface area contributed by atoms with Gasteiger partial charge in [-0.2, -0.15) is 0 Å². The largest absolute Gasteiger partial charge is 0.455 e. The van der Waals surface area contributed by atoms with Gasteiger partial charge in [-0.1, -0.05) is 82.1 Å². The number of ether oxygens (including phenoxy) is 2. The van der Waals surface area contributed by atoms with Crippen molar-refractivity contribution in [3.05, 3.63) is 90.5 Å². The standard InChI is InChI=1S/C36H41BrClN3O7/c1-5-7-17-27(43)39(4)22(3)30(23-13-9-8-10-14-23)47-35(46)28-29-33(44)41(19-20-42)32(36(29)21-24(37)31(28)48-36)34(45)40(18-6-2)26-16-12-11-15-25(26)38/h5-6,8-16,22,24,28-32,42H,1-2,7,17-21H2,3-4H3/t22-,24?,28+,29-,30+,31+,32+,36-/m0/s1. The number of allylic oxidation sites excluding steroid dienone is 1. The minimum atomic E-state index is -1.38. The van der Waals surface area contributed by atoms with Crippen LogP contribution in [0.3, 0.4) is 0 Å². The number of carbonyl (C=O) groups is 4. The molecule has 3 aliphatic heterocycles. The number of esters is 1.